The van der Waals surface area contributed by atoms with Gasteiger partial charge in [-0.15, -0.1) is 0 Å². The summed E-state index contributed by atoms with van der Waals surface area (Å²) in [6.07, 6.45) is 2.94. The average Bonchev–Trinajstić information content (AvgIpc) is 2.66. The van der Waals surface area contributed by atoms with E-state index in [1.807, 2.05) is 24.3 Å². The summed E-state index contributed by atoms with van der Waals surface area (Å²) in [4.78, 5) is 29.2. The van der Waals surface area contributed by atoms with E-state index in [1.54, 1.807) is 6.92 Å². The number of Topliss-reactive ketones (excluding diaryl/α,β-unsaturated/α-hetero) is 1. The van der Waals surface area contributed by atoms with Gasteiger partial charge in [0.25, 0.3) is 0 Å². The molecule has 0 saturated carbocycles. The lowest BCUT2D eigenvalue weighted by atomic mass is 10.1. The van der Waals surface area contributed by atoms with Crippen LogP contribution in [0.2, 0.25) is 0 Å². The molecule has 28 heavy (non-hydrogen) atoms. The SMILES string of the molecule is CCC(CC)NCC(O)COc1ccc(CCC(C)=O)cc1.O=C(O)C(=O)O. The minimum atomic E-state index is -1.82. The number of ketones is 1. The Morgan fingerprint density at radius 3 is 2.00 bits per heavy atom. The van der Waals surface area contributed by atoms with Crippen LogP contribution in [0.1, 0.15) is 45.6 Å². The summed E-state index contributed by atoms with van der Waals surface area (Å²) >= 11 is 0. The highest BCUT2D eigenvalue weighted by Crippen LogP contribution is 2.13. The lowest BCUT2D eigenvalue weighted by Gasteiger charge is -2.18. The van der Waals surface area contributed by atoms with Crippen molar-refractivity contribution in [3.63, 3.8) is 0 Å². The van der Waals surface area contributed by atoms with Crippen LogP contribution in [-0.2, 0) is 20.8 Å². The summed E-state index contributed by atoms with van der Waals surface area (Å²) in [5.41, 5.74) is 1.12. The first kappa shape index (κ1) is 25.6. The van der Waals surface area contributed by atoms with Crippen LogP contribution in [0.5, 0.6) is 5.75 Å². The maximum Gasteiger partial charge on any atom is 0.414 e. The Bertz CT molecular complexity index is 585. The van der Waals surface area contributed by atoms with Crippen LogP contribution in [-0.4, -0.2) is 58.3 Å². The van der Waals surface area contributed by atoms with Gasteiger partial charge in [0.1, 0.15) is 24.2 Å². The molecule has 158 valence electrons. The molecule has 1 aromatic carbocycles. The number of carbonyl (C=O) groups is 3. The number of hydrogen-bond donors (Lipinski definition) is 4. The molecule has 0 aromatic heterocycles. The molecule has 4 N–H and O–H groups in total. The highest BCUT2D eigenvalue weighted by Gasteiger charge is 2.09. The number of ether oxygens (including phenoxy) is 1. The summed E-state index contributed by atoms with van der Waals surface area (Å²) in [5, 5.41) is 28.0. The quantitative estimate of drug-likeness (QED) is 0.416. The highest BCUT2D eigenvalue weighted by molar-refractivity contribution is 6.27. The minimum absolute atomic E-state index is 0.202. The number of aliphatic carboxylic acids is 2. The fourth-order valence-electron chi connectivity index (χ4n) is 2.20. The first-order chi connectivity index (χ1) is 13.2. The molecule has 0 fully saturated rings. The molecular formula is C20H31NO7. The average molecular weight is 397 g/mol. The van der Waals surface area contributed by atoms with Gasteiger partial charge >= 0.3 is 11.9 Å². The standard InChI is InChI=1S/C18H29NO3.C2H2O4/c1-4-16(5-2)19-12-17(21)13-22-18-10-8-15(9-11-18)7-6-14(3)20;3-1(4)2(5)6/h8-11,16-17,19,21H,4-7,12-13H2,1-3H3;(H,3,4)(H,5,6). The Kier molecular flexibility index (Phi) is 13.3. The molecule has 0 spiro atoms. The van der Waals surface area contributed by atoms with Gasteiger partial charge in [-0.2, -0.15) is 0 Å². The number of aryl methyl sites for hydroxylation is 1. The first-order valence-electron chi connectivity index (χ1n) is 9.28. The lowest BCUT2D eigenvalue weighted by molar-refractivity contribution is -0.159. The third-order valence-electron chi connectivity index (χ3n) is 3.94. The first-order valence-corrected chi connectivity index (χ1v) is 9.28. The Morgan fingerprint density at radius 2 is 1.57 bits per heavy atom. The molecule has 0 bridgehead atoms. The van der Waals surface area contributed by atoms with Gasteiger partial charge in [-0.25, -0.2) is 9.59 Å². The fourth-order valence-corrected chi connectivity index (χ4v) is 2.20. The number of benzene rings is 1. The van der Waals surface area contributed by atoms with Gasteiger partial charge in [0, 0.05) is 19.0 Å². The maximum absolute atomic E-state index is 11.0. The predicted octanol–water partition coefficient (Wildman–Crippen LogP) is 1.88. The Morgan fingerprint density at radius 1 is 1.04 bits per heavy atom. The minimum Gasteiger partial charge on any atom is -0.491 e. The normalized spacial score (nSPS) is 11.3. The topological polar surface area (TPSA) is 133 Å². The van der Waals surface area contributed by atoms with Crippen molar-refractivity contribution in [2.45, 2.75) is 58.6 Å². The molecule has 1 atom stereocenters. The van der Waals surface area contributed by atoms with Crippen LogP contribution in [0.15, 0.2) is 24.3 Å². The second kappa shape index (κ2) is 14.6. The van der Waals surface area contributed by atoms with Crippen molar-refractivity contribution >= 4 is 17.7 Å². The van der Waals surface area contributed by atoms with E-state index in [1.165, 1.54) is 0 Å². The number of nitrogens with one attached hydrogen (secondary N) is 1. The van der Waals surface area contributed by atoms with Crippen LogP contribution in [0.4, 0.5) is 0 Å². The summed E-state index contributed by atoms with van der Waals surface area (Å²) in [5.74, 6) is -2.70. The monoisotopic (exact) mass is 397 g/mol. The molecule has 0 radical (unpaired) electrons. The zero-order valence-electron chi connectivity index (χ0n) is 16.7. The molecule has 0 heterocycles. The molecule has 0 aliphatic heterocycles. The molecule has 0 amide bonds. The van der Waals surface area contributed by atoms with Crippen LogP contribution >= 0.6 is 0 Å². The van der Waals surface area contributed by atoms with Gasteiger partial charge in [-0.1, -0.05) is 26.0 Å². The van der Waals surface area contributed by atoms with Crippen molar-refractivity contribution in [1.82, 2.24) is 5.32 Å². The van der Waals surface area contributed by atoms with Crippen LogP contribution in [0.25, 0.3) is 0 Å². The summed E-state index contributed by atoms with van der Waals surface area (Å²) in [6, 6.07) is 8.16. The smallest absolute Gasteiger partial charge is 0.414 e. The predicted molar refractivity (Wildman–Crippen MR) is 105 cm³/mol. The molecule has 1 unspecified atom stereocenters. The van der Waals surface area contributed by atoms with E-state index in [2.05, 4.69) is 19.2 Å². The molecule has 1 aromatic rings. The van der Waals surface area contributed by atoms with E-state index in [9.17, 15) is 9.90 Å². The summed E-state index contributed by atoms with van der Waals surface area (Å²) in [6.45, 7) is 6.70. The Labute approximate surface area is 165 Å². The van der Waals surface area contributed by atoms with Crippen molar-refractivity contribution in [3.8, 4) is 5.75 Å². The molecule has 8 nitrogen and oxygen atoms in total. The highest BCUT2D eigenvalue weighted by atomic mass is 16.5. The van der Waals surface area contributed by atoms with Crippen molar-refractivity contribution in [2.24, 2.45) is 0 Å². The number of aliphatic hydroxyl groups is 1. The summed E-state index contributed by atoms with van der Waals surface area (Å²) < 4.78 is 5.59. The maximum atomic E-state index is 11.0. The van der Waals surface area contributed by atoms with Gasteiger partial charge in [0.05, 0.1) is 0 Å². The van der Waals surface area contributed by atoms with Gasteiger partial charge in [0.15, 0.2) is 0 Å². The molecule has 0 aliphatic rings. The second-order valence-electron chi connectivity index (χ2n) is 6.34. The van der Waals surface area contributed by atoms with E-state index < -0.39 is 18.0 Å². The van der Waals surface area contributed by atoms with Crippen molar-refractivity contribution in [1.29, 1.82) is 0 Å². The Balaban J connectivity index is 0.00000105. The largest absolute Gasteiger partial charge is 0.491 e. The van der Waals surface area contributed by atoms with E-state index in [0.29, 0.717) is 19.0 Å². The zero-order valence-corrected chi connectivity index (χ0v) is 16.7. The molecule has 8 heteroatoms. The number of rotatable bonds is 11. The fraction of sp³-hybridized carbons (Fsp3) is 0.550. The number of carboxylic acid groups (broad SMARTS) is 2. The lowest BCUT2D eigenvalue weighted by Crippen LogP contribution is -2.37. The van der Waals surface area contributed by atoms with E-state index >= 15 is 0 Å². The third kappa shape index (κ3) is 12.8. The molecule has 0 saturated heterocycles. The van der Waals surface area contributed by atoms with Crippen molar-refractivity contribution in [3.05, 3.63) is 29.8 Å². The molecule has 0 aliphatic carbocycles. The summed E-state index contributed by atoms with van der Waals surface area (Å²) in [7, 11) is 0. The third-order valence-corrected chi connectivity index (χ3v) is 3.94. The molecule has 1 rings (SSSR count). The van der Waals surface area contributed by atoms with Crippen molar-refractivity contribution in [2.75, 3.05) is 13.2 Å². The second-order valence-corrected chi connectivity index (χ2v) is 6.34. The van der Waals surface area contributed by atoms with E-state index in [0.717, 1.165) is 30.6 Å². The number of carboxylic acids is 2. The number of aliphatic hydroxyl groups excluding tert-OH is 1. The van der Waals surface area contributed by atoms with E-state index in [4.69, 9.17) is 24.5 Å². The van der Waals surface area contributed by atoms with Crippen LogP contribution in [0.3, 0.4) is 0 Å². The van der Waals surface area contributed by atoms with Gasteiger partial charge < -0.3 is 30.2 Å². The van der Waals surface area contributed by atoms with Gasteiger partial charge in [-0.05, 0) is 43.9 Å². The van der Waals surface area contributed by atoms with Gasteiger partial charge in [-0.3, -0.25) is 0 Å². The zero-order chi connectivity index (χ0) is 21.5. The molecular weight excluding hydrogens is 366 g/mol. The van der Waals surface area contributed by atoms with Crippen molar-refractivity contribution < 1.29 is 34.4 Å². The van der Waals surface area contributed by atoms with Crippen LogP contribution in [0, 0.1) is 0 Å². The van der Waals surface area contributed by atoms with Crippen LogP contribution < -0.4 is 10.1 Å². The van der Waals surface area contributed by atoms with E-state index in [-0.39, 0.29) is 12.4 Å². The Hall–Kier alpha value is -2.45. The number of carbonyl (C=O) groups excluding carboxylic acids is 1. The number of hydrogen-bond acceptors (Lipinski definition) is 6. The van der Waals surface area contributed by atoms with Gasteiger partial charge in [0.2, 0.25) is 0 Å².